The summed E-state index contributed by atoms with van der Waals surface area (Å²) in [5.41, 5.74) is 8.26. The molecule has 0 aliphatic carbocycles. The van der Waals surface area contributed by atoms with Crippen LogP contribution < -0.4 is 15.5 Å². The van der Waals surface area contributed by atoms with E-state index >= 15 is 0 Å². The first-order chi connectivity index (χ1) is 12.0. The Bertz CT molecular complexity index is 777. The Labute approximate surface area is 148 Å². The van der Waals surface area contributed by atoms with E-state index in [0.717, 1.165) is 48.7 Å². The molecular weight excluding hydrogens is 316 g/mol. The molecule has 7 nitrogen and oxygen atoms in total. The van der Waals surface area contributed by atoms with Gasteiger partial charge in [-0.3, -0.25) is 0 Å². The maximum Gasteiger partial charge on any atom is 0.206 e. The number of piperidine rings is 1. The Kier molecular flexibility index (Phi) is 3.98. The minimum absolute atomic E-state index is 0.466. The summed E-state index contributed by atoms with van der Waals surface area (Å²) in [6, 6.07) is 0. The molecule has 4 heterocycles. The lowest BCUT2D eigenvalue weighted by atomic mass is 10.0. The molecule has 2 aromatic rings. The van der Waals surface area contributed by atoms with Crippen molar-refractivity contribution in [2.24, 2.45) is 0 Å². The van der Waals surface area contributed by atoms with Gasteiger partial charge in [-0.15, -0.1) is 0 Å². The lowest BCUT2D eigenvalue weighted by molar-refractivity contribution is 0.0416. The number of aliphatic hydroxyl groups is 1. The molecule has 4 rings (SSSR count). The fraction of sp³-hybridized carbons (Fsp3) is 0.667. The molecule has 0 bridgehead atoms. The molecule has 136 valence electrons. The summed E-state index contributed by atoms with van der Waals surface area (Å²) in [5.74, 6) is 1.37. The molecule has 0 spiro atoms. The normalized spacial score (nSPS) is 24.0. The number of imidazole rings is 1. The fourth-order valence-electron chi connectivity index (χ4n) is 4.21. The van der Waals surface area contributed by atoms with Gasteiger partial charge in [0.1, 0.15) is 5.52 Å². The number of hydrogen-bond donors (Lipinski definition) is 2. The van der Waals surface area contributed by atoms with Crippen molar-refractivity contribution < 1.29 is 5.11 Å². The number of nitrogens with zero attached hydrogens (tertiary/aromatic N) is 5. The summed E-state index contributed by atoms with van der Waals surface area (Å²) >= 11 is 0. The van der Waals surface area contributed by atoms with Gasteiger partial charge in [0.05, 0.1) is 36.1 Å². The number of aromatic nitrogens is 3. The van der Waals surface area contributed by atoms with Crippen LogP contribution in [0.5, 0.6) is 0 Å². The van der Waals surface area contributed by atoms with Crippen molar-refractivity contribution in [1.29, 1.82) is 0 Å². The number of anilines is 3. The Morgan fingerprint density at radius 1 is 1.24 bits per heavy atom. The van der Waals surface area contributed by atoms with E-state index < -0.39 is 5.60 Å². The van der Waals surface area contributed by atoms with Gasteiger partial charge in [-0.1, -0.05) is 6.92 Å². The molecule has 0 aromatic carbocycles. The molecule has 2 aromatic heterocycles. The number of fused-ring (bicyclic) bond motifs is 3. The SMILES string of the molecule is CCCN1CC(C)(O)Cn2c1nc1c(N)ncc(N3CCCCC3)c12. The molecule has 0 radical (unpaired) electrons. The van der Waals surface area contributed by atoms with Crippen LogP contribution in [-0.2, 0) is 6.54 Å². The van der Waals surface area contributed by atoms with Crippen molar-refractivity contribution in [2.75, 3.05) is 41.7 Å². The quantitative estimate of drug-likeness (QED) is 0.886. The summed E-state index contributed by atoms with van der Waals surface area (Å²) in [6.07, 6.45) is 6.57. The van der Waals surface area contributed by atoms with E-state index in [2.05, 4.69) is 26.3 Å². The molecule has 1 saturated heterocycles. The fourth-order valence-corrected chi connectivity index (χ4v) is 4.21. The lowest BCUT2D eigenvalue weighted by Crippen LogP contribution is -2.49. The standard InChI is InChI=1S/C18H28N6O/c1-3-7-23-11-18(2,25)12-24-15-13(22-8-5-4-6-9-22)10-20-16(19)14(15)21-17(23)24/h10,25H,3-9,11-12H2,1-2H3,(H2,19,20). The zero-order valence-electron chi connectivity index (χ0n) is 15.2. The van der Waals surface area contributed by atoms with Crippen molar-refractivity contribution >= 4 is 28.5 Å². The third-order valence-corrected chi connectivity index (χ3v) is 5.26. The van der Waals surface area contributed by atoms with Crippen LogP contribution in [0.2, 0.25) is 0 Å². The molecule has 1 atom stereocenters. The van der Waals surface area contributed by atoms with Crippen LogP contribution in [0.1, 0.15) is 39.5 Å². The summed E-state index contributed by atoms with van der Waals surface area (Å²) < 4.78 is 2.15. The van der Waals surface area contributed by atoms with Crippen LogP contribution >= 0.6 is 0 Å². The first-order valence-corrected chi connectivity index (χ1v) is 9.37. The number of pyridine rings is 1. The second-order valence-corrected chi connectivity index (χ2v) is 7.69. The zero-order chi connectivity index (χ0) is 17.6. The highest BCUT2D eigenvalue weighted by Crippen LogP contribution is 2.37. The van der Waals surface area contributed by atoms with Crippen LogP contribution in [0.25, 0.3) is 11.0 Å². The van der Waals surface area contributed by atoms with Gasteiger partial charge in [-0.2, -0.15) is 0 Å². The Morgan fingerprint density at radius 2 is 2.00 bits per heavy atom. The molecule has 2 aliphatic rings. The number of hydrogen-bond acceptors (Lipinski definition) is 6. The van der Waals surface area contributed by atoms with E-state index in [4.69, 9.17) is 10.7 Å². The maximum atomic E-state index is 10.8. The van der Waals surface area contributed by atoms with E-state index in [9.17, 15) is 5.11 Å². The largest absolute Gasteiger partial charge is 0.386 e. The van der Waals surface area contributed by atoms with Gasteiger partial charge >= 0.3 is 0 Å². The average Bonchev–Trinajstić information content (AvgIpc) is 2.96. The lowest BCUT2D eigenvalue weighted by Gasteiger charge is -2.38. The summed E-state index contributed by atoms with van der Waals surface area (Å²) in [5, 5.41) is 10.8. The van der Waals surface area contributed by atoms with Crippen LogP contribution in [0, 0.1) is 0 Å². The van der Waals surface area contributed by atoms with Crippen LogP contribution in [0.15, 0.2) is 6.20 Å². The van der Waals surface area contributed by atoms with E-state index in [0.29, 0.717) is 18.9 Å². The number of nitrogens with two attached hydrogens (primary N) is 1. The topological polar surface area (TPSA) is 83.4 Å². The number of β-amino-alcohol motifs (C(OH)–C–C–N with tert-alkyl or cyclic N) is 1. The Balaban J connectivity index is 1.90. The van der Waals surface area contributed by atoms with E-state index in [1.807, 2.05) is 13.1 Å². The van der Waals surface area contributed by atoms with Crippen molar-refractivity contribution in [1.82, 2.24) is 14.5 Å². The molecule has 2 aliphatic heterocycles. The van der Waals surface area contributed by atoms with Crippen LogP contribution in [0.4, 0.5) is 17.5 Å². The van der Waals surface area contributed by atoms with Crippen molar-refractivity contribution in [2.45, 2.75) is 51.7 Å². The summed E-state index contributed by atoms with van der Waals surface area (Å²) in [7, 11) is 0. The molecule has 1 unspecified atom stereocenters. The third-order valence-electron chi connectivity index (χ3n) is 5.26. The van der Waals surface area contributed by atoms with E-state index in [1.54, 1.807) is 0 Å². The van der Waals surface area contributed by atoms with Gasteiger partial charge in [0.15, 0.2) is 5.82 Å². The maximum absolute atomic E-state index is 10.8. The minimum Gasteiger partial charge on any atom is -0.386 e. The van der Waals surface area contributed by atoms with Crippen LogP contribution in [0.3, 0.4) is 0 Å². The first kappa shape index (κ1) is 16.4. The van der Waals surface area contributed by atoms with E-state index in [-0.39, 0.29) is 0 Å². The highest BCUT2D eigenvalue weighted by atomic mass is 16.3. The van der Waals surface area contributed by atoms with Gasteiger partial charge < -0.3 is 25.2 Å². The highest BCUT2D eigenvalue weighted by molar-refractivity contribution is 5.96. The molecule has 3 N–H and O–H groups in total. The Morgan fingerprint density at radius 3 is 2.72 bits per heavy atom. The second-order valence-electron chi connectivity index (χ2n) is 7.69. The van der Waals surface area contributed by atoms with Gasteiger partial charge in [-0.25, -0.2) is 9.97 Å². The first-order valence-electron chi connectivity index (χ1n) is 9.37. The smallest absolute Gasteiger partial charge is 0.206 e. The van der Waals surface area contributed by atoms with E-state index in [1.165, 1.54) is 19.3 Å². The molecule has 1 fully saturated rings. The summed E-state index contributed by atoms with van der Waals surface area (Å²) in [6.45, 7) is 8.11. The molecular formula is C18H28N6O. The second kappa shape index (κ2) is 6.05. The summed E-state index contributed by atoms with van der Waals surface area (Å²) in [4.78, 5) is 13.8. The Hall–Kier alpha value is -2.02. The highest BCUT2D eigenvalue weighted by Gasteiger charge is 2.35. The van der Waals surface area contributed by atoms with Gasteiger partial charge in [-0.05, 0) is 32.6 Å². The van der Waals surface area contributed by atoms with Gasteiger partial charge in [0.25, 0.3) is 0 Å². The monoisotopic (exact) mass is 344 g/mol. The molecule has 7 heteroatoms. The average molecular weight is 344 g/mol. The zero-order valence-corrected chi connectivity index (χ0v) is 15.2. The number of nitrogen functional groups attached to an aromatic ring is 1. The van der Waals surface area contributed by atoms with Gasteiger partial charge in [0.2, 0.25) is 5.95 Å². The molecule has 25 heavy (non-hydrogen) atoms. The third kappa shape index (κ3) is 2.80. The number of rotatable bonds is 3. The van der Waals surface area contributed by atoms with Gasteiger partial charge in [0, 0.05) is 19.6 Å². The van der Waals surface area contributed by atoms with Crippen molar-refractivity contribution in [3.05, 3.63) is 6.20 Å². The van der Waals surface area contributed by atoms with Crippen LogP contribution in [-0.4, -0.2) is 51.4 Å². The molecule has 0 saturated carbocycles. The van der Waals surface area contributed by atoms with Crippen molar-refractivity contribution in [3.63, 3.8) is 0 Å². The minimum atomic E-state index is -0.785. The van der Waals surface area contributed by atoms with Crippen molar-refractivity contribution in [3.8, 4) is 0 Å². The molecule has 0 amide bonds. The predicted octanol–water partition coefficient (Wildman–Crippen LogP) is 1.98. The predicted molar refractivity (Wildman–Crippen MR) is 101 cm³/mol.